The van der Waals surface area contributed by atoms with Gasteiger partial charge in [0.15, 0.2) is 17.6 Å². The van der Waals surface area contributed by atoms with Crippen LogP contribution in [0.3, 0.4) is 0 Å². The number of aliphatic carboxylic acids is 1. The molecular weight excluding hydrogens is 342 g/mol. The number of nitrogens with zero attached hydrogens (tertiary/aromatic N) is 1. The monoisotopic (exact) mass is 367 g/mol. The second-order valence-electron chi connectivity index (χ2n) is 7.79. The molecule has 2 aromatic rings. The molecule has 0 bridgehead atoms. The van der Waals surface area contributed by atoms with Gasteiger partial charge in [-0.1, -0.05) is 36.4 Å². The van der Waals surface area contributed by atoms with E-state index in [4.69, 9.17) is 9.47 Å². The highest BCUT2D eigenvalue weighted by atomic mass is 16.6. The summed E-state index contributed by atoms with van der Waals surface area (Å²) in [5.74, 6) is 0.869. The van der Waals surface area contributed by atoms with Gasteiger partial charge >= 0.3 is 5.97 Å². The molecule has 0 aromatic heterocycles. The summed E-state index contributed by atoms with van der Waals surface area (Å²) in [4.78, 5) is 13.8. The van der Waals surface area contributed by atoms with Crippen LogP contribution in [0.15, 0.2) is 48.5 Å². The molecule has 0 radical (unpaired) electrons. The fourth-order valence-electron chi connectivity index (χ4n) is 3.93. The fourth-order valence-corrected chi connectivity index (χ4v) is 3.93. The van der Waals surface area contributed by atoms with Crippen LogP contribution in [0.25, 0.3) is 0 Å². The van der Waals surface area contributed by atoms with Gasteiger partial charge in [-0.3, -0.25) is 9.69 Å². The minimum Gasteiger partial charge on any atom is -0.485 e. The second kappa shape index (κ2) is 7.24. The third-order valence-electron chi connectivity index (χ3n) is 5.56. The molecule has 2 heterocycles. The normalized spacial score (nSPS) is 25.1. The Balaban J connectivity index is 1.40. The van der Waals surface area contributed by atoms with Gasteiger partial charge in [-0.25, -0.2) is 0 Å². The predicted octanol–water partition coefficient (Wildman–Crippen LogP) is 3.89. The highest BCUT2D eigenvalue weighted by molar-refractivity contribution is 5.74. The lowest BCUT2D eigenvalue weighted by Gasteiger charge is -2.37. The molecule has 2 atom stereocenters. The Morgan fingerprint density at radius 2 is 1.93 bits per heavy atom. The molecule has 0 spiro atoms. The van der Waals surface area contributed by atoms with E-state index in [2.05, 4.69) is 29.2 Å². The van der Waals surface area contributed by atoms with Crippen molar-refractivity contribution in [2.24, 2.45) is 5.41 Å². The van der Waals surface area contributed by atoms with E-state index in [1.807, 2.05) is 31.2 Å². The van der Waals surface area contributed by atoms with Gasteiger partial charge in [-0.05, 0) is 49.6 Å². The molecule has 0 amide bonds. The first kappa shape index (κ1) is 17.9. The SMILES string of the molecule is C[C@@]1(C(=O)O)CCCN(Cc2ccc([C@H]3COc4ccccc4O3)cc2)C1. The van der Waals surface area contributed by atoms with E-state index < -0.39 is 11.4 Å². The molecule has 1 fully saturated rings. The molecular formula is C22H25NO4. The van der Waals surface area contributed by atoms with E-state index >= 15 is 0 Å². The van der Waals surface area contributed by atoms with Crippen LogP contribution in [0.1, 0.15) is 37.0 Å². The number of benzene rings is 2. The Morgan fingerprint density at radius 3 is 2.67 bits per heavy atom. The van der Waals surface area contributed by atoms with Crippen LogP contribution in [-0.4, -0.2) is 35.7 Å². The standard InChI is InChI=1S/C22H25NO4/c1-22(21(24)25)11-4-12-23(15-22)13-16-7-9-17(10-8-16)20-14-26-18-5-2-3-6-19(18)27-20/h2-3,5-10,20H,4,11-15H2,1H3,(H,24,25)/t20-,22-/m1/s1. The number of para-hydroxylation sites is 2. The maximum Gasteiger partial charge on any atom is 0.310 e. The van der Waals surface area contributed by atoms with E-state index in [0.29, 0.717) is 13.2 Å². The maximum absolute atomic E-state index is 11.5. The van der Waals surface area contributed by atoms with Crippen molar-refractivity contribution >= 4 is 5.97 Å². The van der Waals surface area contributed by atoms with E-state index in [0.717, 1.165) is 43.0 Å². The number of likely N-dealkylation sites (tertiary alicyclic amines) is 1. The van der Waals surface area contributed by atoms with Crippen LogP contribution in [-0.2, 0) is 11.3 Å². The molecule has 0 unspecified atom stereocenters. The van der Waals surface area contributed by atoms with Gasteiger partial charge in [0.25, 0.3) is 0 Å². The van der Waals surface area contributed by atoms with Gasteiger partial charge in [0, 0.05) is 13.1 Å². The molecule has 1 N–H and O–H groups in total. The highest BCUT2D eigenvalue weighted by Crippen LogP contribution is 2.36. The fraction of sp³-hybridized carbons (Fsp3) is 0.409. The van der Waals surface area contributed by atoms with E-state index in [1.165, 1.54) is 5.56 Å². The van der Waals surface area contributed by atoms with Gasteiger partial charge in [0.1, 0.15) is 6.61 Å². The minimum absolute atomic E-state index is 0.112. The van der Waals surface area contributed by atoms with Gasteiger partial charge in [0.2, 0.25) is 0 Å². The molecule has 5 nitrogen and oxygen atoms in total. The van der Waals surface area contributed by atoms with Crippen LogP contribution in [0.2, 0.25) is 0 Å². The number of ether oxygens (including phenoxy) is 2. The summed E-state index contributed by atoms with van der Waals surface area (Å²) in [6.45, 7) is 4.66. The third kappa shape index (κ3) is 3.78. The Labute approximate surface area is 159 Å². The summed E-state index contributed by atoms with van der Waals surface area (Å²) < 4.78 is 11.9. The molecule has 2 aromatic carbocycles. The second-order valence-corrected chi connectivity index (χ2v) is 7.79. The number of rotatable bonds is 4. The average Bonchev–Trinajstić information content (AvgIpc) is 2.68. The van der Waals surface area contributed by atoms with Crippen molar-refractivity contribution in [3.8, 4) is 11.5 Å². The van der Waals surface area contributed by atoms with Crippen molar-refractivity contribution in [1.82, 2.24) is 4.90 Å². The summed E-state index contributed by atoms with van der Waals surface area (Å²) in [6.07, 6.45) is 1.56. The lowest BCUT2D eigenvalue weighted by Crippen LogP contribution is -2.45. The summed E-state index contributed by atoms with van der Waals surface area (Å²) in [7, 11) is 0. The van der Waals surface area contributed by atoms with Gasteiger partial charge < -0.3 is 14.6 Å². The van der Waals surface area contributed by atoms with Gasteiger partial charge in [0.05, 0.1) is 5.41 Å². The minimum atomic E-state index is -0.697. The number of piperidine rings is 1. The third-order valence-corrected chi connectivity index (χ3v) is 5.56. The number of carboxylic acid groups (broad SMARTS) is 1. The van der Waals surface area contributed by atoms with Crippen molar-refractivity contribution in [1.29, 1.82) is 0 Å². The molecule has 5 heteroatoms. The van der Waals surface area contributed by atoms with E-state index in [9.17, 15) is 9.90 Å². The highest BCUT2D eigenvalue weighted by Gasteiger charge is 2.37. The Bertz CT molecular complexity index is 819. The molecule has 0 aliphatic carbocycles. The zero-order valence-corrected chi connectivity index (χ0v) is 15.6. The first-order chi connectivity index (χ1) is 13.0. The average molecular weight is 367 g/mol. The van der Waals surface area contributed by atoms with Crippen molar-refractivity contribution in [2.75, 3.05) is 19.7 Å². The smallest absolute Gasteiger partial charge is 0.310 e. The Hall–Kier alpha value is -2.53. The molecule has 2 aliphatic rings. The summed E-state index contributed by atoms with van der Waals surface area (Å²) in [5.41, 5.74) is 1.63. The van der Waals surface area contributed by atoms with Crippen molar-refractivity contribution in [3.05, 3.63) is 59.7 Å². The molecule has 0 saturated carbocycles. The molecule has 1 saturated heterocycles. The van der Waals surface area contributed by atoms with E-state index in [-0.39, 0.29) is 6.10 Å². The van der Waals surface area contributed by atoms with Crippen LogP contribution in [0.5, 0.6) is 11.5 Å². The number of fused-ring (bicyclic) bond motifs is 1. The molecule has 4 rings (SSSR count). The predicted molar refractivity (Wildman–Crippen MR) is 102 cm³/mol. The number of hydrogen-bond acceptors (Lipinski definition) is 4. The topological polar surface area (TPSA) is 59.0 Å². The van der Waals surface area contributed by atoms with Crippen LogP contribution in [0.4, 0.5) is 0 Å². The molecule has 2 aliphatic heterocycles. The molecule has 27 heavy (non-hydrogen) atoms. The summed E-state index contributed by atoms with van der Waals surface area (Å²) in [5, 5.41) is 9.48. The largest absolute Gasteiger partial charge is 0.485 e. The van der Waals surface area contributed by atoms with Gasteiger partial charge in [-0.15, -0.1) is 0 Å². The zero-order chi connectivity index (χ0) is 18.9. The lowest BCUT2D eigenvalue weighted by molar-refractivity contribution is -0.151. The zero-order valence-electron chi connectivity index (χ0n) is 15.6. The quantitative estimate of drug-likeness (QED) is 0.888. The van der Waals surface area contributed by atoms with E-state index in [1.54, 1.807) is 0 Å². The van der Waals surface area contributed by atoms with Crippen molar-refractivity contribution in [3.63, 3.8) is 0 Å². The summed E-state index contributed by atoms with van der Waals surface area (Å²) in [6, 6.07) is 16.1. The first-order valence-corrected chi connectivity index (χ1v) is 9.47. The molecule has 142 valence electrons. The van der Waals surface area contributed by atoms with Crippen LogP contribution in [0, 0.1) is 5.41 Å². The maximum atomic E-state index is 11.5. The van der Waals surface area contributed by atoms with Crippen LogP contribution >= 0.6 is 0 Å². The van der Waals surface area contributed by atoms with Crippen molar-refractivity contribution < 1.29 is 19.4 Å². The van der Waals surface area contributed by atoms with Gasteiger partial charge in [-0.2, -0.15) is 0 Å². The number of carboxylic acids is 1. The first-order valence-electron chi connectivity index (χ1n) is 9.47. The number of carbonyl (C=O) groups is 1. The summed E-state index contributed by atoms with van der Waals surface area (Å²) >= 11 is 0. The lowest BCUT2D eigenvalue weighted by atomic mass is 9.82. The van der Waals surface area contributed by atoms with Crippen LogP contribution < -0.4 is 9.47 Å². The number of hydrogen-bond donors (Lipinski definition) is 1. The Morgan fingerprint density at radius 1 is 1.19 bits per heavy atom. The Kier molecular flexibility index (Phi) is 4.79. The van der Waals surface area contributed by atoms with Crippen molar-refractivity contribution in [2.45, 2.75) is 32.4 Å².